The average Bonchev–Trinajstić information content (AvgIpc) is 2.46. The molecule has 0 heterocycles. The maximum Gasteiger partial charge on any atom is 0.161 e. The molecule has 0 spiro atoms. The van der Waals surface area contributed by atoms with E-state index in [0.717, 1.165) is 36.5 Å². The molecule has 0 aliphatic heterocycles. The Bertz CT molecular complexity index is 368. The van der Waals surface area contributed by atoms with Gasteiger partial charge in [0.15, 0.2) is 11.5 Å². The van der Waals surface area contributed by atoms with Gasteiger partial charge < -0.3 is 19.5 Å². The van der Waals surface area contributed by atoms with Crippen LogP contribution in [0, 0.1) is 0 Å². The molecule has 1 rings (SSSR count). The summed E-state index contributed by atoms with van der Waals surface area (Å²) < 4.78 is 16.2. The van der Waals surface area contributed by atoms with Gasteiger partial charge in [-0.1, -0.05) is 19.4 Å². The minimum absolute atomic E-state index is 0.164. The first-order valence-electron chi connectivity index (χ1n) is 6.73. The van der Waals surface area contributed by atoms with Crippen LogP contribution in [0.5, 0.6) is 11.5 Å². The second kappa shape index (κ2) is 8.77. The van der Waals surface area contributed by atoms with Crippen molar-refractivity contribution in [3.8, 4) is 11.5 Å². The molecular formula is C15H25NO3. The number of ether oxygens (including phenoxy) is 3. The molecule has 4 nitrogen and oxygen atoms in total. The molecule has 0 radical (unpaired) electrons. The molecule has 0 fully saturated rings. The number of hydrogen-bond acceptors (Lipinski definition) is 4. The number of likely N-dealkylation sites (N-methyl/N-ethyl adjacent to an activating group) is 1. The summed E-state index contributed by atoms with van der Waals surface area (Å²) in [6, 6.07) is 6.11. The molecule has 1 aromatic carbocycles. The largest absolute Gasteiger partial charge is 0.493 e. The van der Waals surface area contributed by atoms with E-state index in [4.69, 9.17) is 14.2 Å². The summed E-state index contributed by atoms with van der Waals surface area (Å²) in [7, 11) is 5.22. The molecule has 1 atom stereocenters. The summed E-state index contributed by atoms with van der Waals surface area (Å²) in [6.07, 6.45) is 2.25. The van der Waals surface area contributed by atoms with Crippen molar-refractivity contribution in [2.45, 2.75) is 25.8 Å². The fourth-order valence-corrected chi connectivity index (χ4v) is 1.86. The van der Waals surface area contributed by atoms with Crippen LogP contribution in [-0.2, 0) is 4.74 Å². The van der Waals surface area contributed by atoms with E-state index in [1.807, 2.05) is 25.2 Å². The van der Waals surface area contributed by atoms with Crippen molar-refractivity contribution in [3.05, 3.63) is 23.8 Å². The number of rotatable bonds is 9. The summed E-state index contributed by atoms with van der Waals surface area (Å²) >= 11 is 0. The minimum atomic E-state index is 0.164. The Morgan fingerprint density at radius 1 is 1.16 bits per heavy atom. The highest BCUT2D eigenvalue weighted by Gasteiger charge is 2.12. The summed E-state index contributed by atoms with van der Waals surface area (Å²) in [4.78, 5) is 0. The molecule has 1 N–H and O–H groups in total. The summed E-state index contributed by atoms with van der Waals surface area (Å²) in [5, 5.41) is 3.26. The molecule has 0 bridgehead atoms. The third-order valence-corrected chi connectivity index (χ3v) is 3.09. The number of unbranched alkanes of at least 4 members (excludes halogenated alkanes) is 1. The molecule has 0 saturated heterocycles. The molecular weight excluding hydrogens is 242 g/mol. The second-order valence-corrected chi connectivity index (χ2v) is 4.38. The predicted molar refractivity (Wildman–Crippen MR) is 77.1 cm³/mol. The topological polar surface area (TPSA) is 39.7 Å². The van der Waals surface area contributed by atoms with Crippen LogP contribution in [0.1, 0.15) is 31.4 Å². The zero-order valence-corrected chi connectivity index (χ0v) is 12.4. The molecule has 4 heteroatoms. The Morgan fingerprint density at radius 3 is 2.47 bits per heavy atom. The Labute approximate surface area is 116 Å². The molecule has 0 aliphatic rings. The lowest BCUT2D eigenvalue weighted by Gasteiger charge is -2.18. The normalized spacial score (nSPS) is 12.2. The summed E-state index contributed by atoms with van der Waals surface area (Å²) in [5.41, 5.74) is 1.14. The highest BCUT2D eigenvalue weighted by Crippen LogP contribution is 2.29. The average molecular weight is 267 g/mol. The Hall–Kier alpha value is -1.26. The Balaban J connectivity index is 2.69. The second-order valence-electron chi connectivity index (χ2n) is 4.38. The van der Waals surface area contributed by atoms with Gasteiger partial charge in [-0.15, -0.1) is 0 Å². The first-order chi connectivity index (χ1) is 9.26. The van der Waals surface area contributed by atoms with Crippen LogP contribution < -0.4 is 14.8 Å². The van der Waals surface area contributed by atoms with Crippen LogP contribution in [0.2, 0.25) is 0 Å². The van der Waals surface area contributed by atoms with E-state index in [0.29, 0.717) is 6.61 Å². The van der Waals surface area contributed by atoms with Crippen molar-refractivity contribution in [2.24, 2.45) is 0 Å². The van der Waals surface area contributed by atoms with E-state index in [2.05, 4.69) is 12.2 Å². The van der Waals surface area contributed by atoms with Gasteiger partial charge >= 0.3 is 0 Å². The zero-order valence-electron chi connectivity index (χ0n) is 12.4. The van der Waals surface area contributed by atoms with Crippen LogP contribution in [-0.4, -0.2) is 34.5 Å². The smallest absolute Gasteiger partial charge is 0.161 e. The van der Waals surface area contributed by atoms with Gasteiger partial charge in [0.1, 0.15) is 0 Å². The van der Waals surface area contributed by atoms with Crippen molar-refractivity contribution >= 4 is 0 Å². The molecule has 1 aromatic rings. The quantitative estimate of drug-likeness (QED) is 0.698. The predicted octanol–water partition coefficient (Wildman–Crippen LogP) is 2.78. The van der Waals surface area contributed by atoms with E-state index >= 15 is 0 Å². The van der Waals surface area contributed by atoms with Crippen molar-refractivity contribution in [1.82, 2.24) is 5.32 Å². The van der Waals surface area contributed by atoms with Crippen LogP contribution >= 0.6 is 0 Å². The van der Waals surface area contributed by atoms with E-state index in [-0.39, 0.29) is 6.04 Å². The number of nitrogens with one attached hydrogen (secondary N) is 1. The highest BCUT2D eigenvalue weighted by molar-refractivity contribution is 5.43. The van der Waals surface area contributed by atoms with Gasteiger partial charge in [-0.05, 0) is 31.2 Å². The third kappa shape index (κ3) is 4.73. The Morgan fingerprint density at radius 2 is 1.89 bits per heavy atom. The van der Waals surface area contributed by atoms with Gasteiger partial charge in [0.05, 0.1) is 26.9 Å². The van der Waals surface area contributed by atoms with Crippen molar-refractivity contribution in [3.63, 3.8) is 0 Å². The van der Waals surface area contributed by atoms with E-state index in [1.165, 1.54) is 0 Å². The molecule has 1 unspecified atom stereocenters. The third-order valence-electron chi connectivity index (χ3n) is 3.09. The molecule has 108 valence electrons. The first-order valence-corrected chi connectivity index (χ1v) is 6.73. The molecule has 19 heavy (non-hydrogen) atoms. The van der Waals surface area contributed by atoms with Gasteiger partial charge in [0.25, 0.3) is 0 Å². The van der Waals surface area contributed by atoms with Gasteiger partial charge in [0.2, 0.25) is 0 Å². The monoisotopic (exact) mass is 267 g/mol. The van der Waals surface area contributed by atoms with Gasteiger partial charge in [-0.3, -0.25) is 0 Å². The molecule has 0 amide bonds. The van der Waals surface area contributed by atoms with E-state index < -0.39 is 0 Å². The van der Waals surface area contributed by atoms with Gasteiger partial charge in [-0.25, -0.2) is 0 Å². The van der Waals surface area contributed by atoms with Crippen molar-refractivity contribution < 1.29 is 14.2 Å². The van der Waals surface area contributed by atoms with Crippen molar-refractivity contribution in [1.29, 1.82) is 0 Å². The fraction of sp³-hybridized carbons (Fsp3) is 0.600. The minimum Gasteiger partial charge on any atom is -0.493 e. The lowest BCUT2D eigenvalue weighted by molar-refractivity contribution is 0.111. The molecule has 0 aliphatic carbocycles. The standard InChI is InChI=1S/C15H25NO3/c1-5-6-9-19-11-13(16-2)12-7-8-14(17-3)15(10-12)18-4/h7-8,10,13,16H,5-6,9,11H2,1-4H3. The number of methoxy groups -OCH3 is 2. The summed E-state index contributed by atoms with van der Waals surface area (Å²) in [6.45, 7) is 3.63. The van der Waals surface area contributed by atoms with Crippen LogP contribution in [0.4, 0.5) is 0 Å². The fourth-order valence-electron chi connectivity index (χ4n) is 1.86. The molecule has 0 aromatic heterocycles. The van der Waals surface area contributed by atoms with Crippen molar-refractivity contribution in [2.75, 3.05) is 34.5 Å². The van der Waals surface area contributed by atoms with E-state index in [9.17, 15) is 0 Å². The van der Waals surface area contributed by atoms with Crippen LogP contribution in [0.3, 0.4) is 0 Å². The lowest BCUT2D eigenvalue weighted by atomic mass is 10.1. The van der Waals surface area contributed by atoms with E-state index in [1.54, 1.807) is 14.2 Å². The maximum absolute atomic E-state index is 5.68. The Kier molecular flexibility index (Phi) is 7.30. The highest BCUT2D eigenvalue weighted by atomic mass is 16.5. The molecule has 0 saturated carbocycles. The van der Waals surface area contributed by atoms with Crippen LogP contribution in [0.15, 0.2) is 18.2 Å². The van der Waals surface area contributed by atoms with Gasteiger partial charge in [-0.2, -0.15) is 0 Å². The lowest BCUT2D eigenvalue weighted by Crippen LogP contribution is -2.22. The number of hydrogen-bond donors (Lipinski definition) is 1. The SMILES string of the molecule is CCCCOCC(NC)c1ccc(OC)c(OC)c1. The number of benzene rings is 1. The first kappa shape index (κ1) is 15.8. The zero-order chi connectivity index (χ0) is 14.1. The van der Waals surface area contributed by atoms with Gasteiger partial charge in [0, 0.05) is 6.61 Å². The maximum atomic E-state index is 5.68. The summed E-state index contributed by atoms with van der Waals surface area (Å²) in [5.74, 6) is 1.49. The van der Waals surface area contributed by atoms with Crippen LogP contribution in [0.25, 0.3) is 0 Å².